The Morgan fingerprint density at radius 2 is 2.33 bits per heavy atom. The average Bonchev–Trinajstić information content (AvgIpc) is 3.06. The molecule has 0 atom stereocenters. The molecule has 0 amide bonds. The van der Waals surface area contributed by atoms with E-state index in [9.17, 15) is 10.1 Å². The topological polar surface area (TPSA) is 63.7 Å². The highest BCUT2D eigenvalue weighted by Gasteiger charge is 2.29. The van der Waals surface area contributed by atoms with Crippen molar-refractivity contribution >= 4 is 17.3 Å². The van der Waals surface area contributed by atoms with Crippen LogP contribution in [-0.2, 0) is 0 Å². The van der Waals surface area contributed by atoms with Crippen molar-refractivity contribution in [2.24, 2.45) is 5.92 Å². The number of anilines is 1. The summed E-state index contributed by atoms with van der Waals surface area (Å²) in [5, 5.41) is 11.2. The quantitative estimate of drug-likeness (QED) is 0.612. The Morgan fingerprint density at radius 1 is 1.56 bits per heavy atom. The van der Waals surface area contributed by atoms with Gasteiger partial charge in [0.05, 0.1) is 6.20 Å². The normalized spacial score (nSPS) is 14.9. The standard InChI is InChI=1S/C12H14N4O2/c1-14(8-9-5-6-9)11-12(16(17)18)15-7-3-2-4-10(15)13-11/h2-4,7,9H,5-6,8H2,1H3. The molecular formula is C12H14N4O2. The van der Waals surface area contributed by atoms with Crippen LogP contribution in [0.1, 0.15) is 12.8 Å². The number of hydrogen-bond donors (Lipinski definition) is 0. The fourth-order valence-electron chi connectivity index (χ4n) is 2.17. The van der Waals surface area contributed by atoms with Crippen molar-refractivity contribution < 1.29 is 4.92 Å². The van der Waals surface area contributed by atoms with Gasteiger partial charge in [0.2, 0.25) is 11.5 Å². The first-order valence-electron chi connectivity index (χ1n) is 5.99. The predicted octanol–water partition coefficient (Wildman–Crippen LogP) is 2.09. The van der Waals surface area contributed by atoms with E-state index >= 15 is 0 Å². The molecule has 2 heterocycles. The maximum Gasteiger partial charge on any atom is 0.372 e. The van der Waals surface area contributed by atoms with E-state index in [0.29, 0.717) is 17.4 Å². The molecule has 94 valence electrons. The molecule has 1 fully saturated rings. The smallest absolute Gasteiger partial charge is 0.358 e. The number of fused-ring (bicyclic) bond motifs is 1. The second-order valence-electron chi connectivity index (χ2n) is 4.77. The first-order chi connectivity index (χ1) is 8.66. The minimum Gasteiger partial charge on any atom is -0.358 e. The summed E-state index contributed by atoms with van der Waals surface area (Å²) >= 11 is 0. The third kappa shape index (κ3) is 1.79. The van der Waals surface area contributed by atoms with Crippen LogP contribution in [0.15, 0.2) is 24.4 Å². The molecule has 0 unspecified atom stereocenters. The van der Waals surface area contributed by atoms with Crippen LogP contribution < -0.4 is 4.90 Å². The fraction of sp³-hybridized carbons (Fsp3) is 0.417. The molecule has 2 aromatic heterocycles. The lowest BCUT2D eigenvalue weighted by molar-refractivity contribution is -0.389. The Bertz CT molecular complexity index is 603. The number of imidazole rings is 1. The van der Waals surface area contributed by atoms with Gasteiger partial charge in [0, 0.05) is 19.7 Å². The predicted molar refractivity (Wildman–Crippen MR) is 67.8 cm³/mol. The largest absolute Gasteiger partial charge is 0.372 e. The molecule has 0 aliphatic heterocycles. The van der Waals surface area contributed by atoms with Gasteiger partial charge in [-0.3, -0.25) is 0 Å². The summed E-state index contributed by atoms with van der Waals surface area (Å²) in [6, 6.07) is 5.38. The molecule has 3 rings (SSSR count). The van der Waals surface area contributed by atoms with Crippen LogP contribution in [0.25, 0.3) is 5.65 Å². The van der Waals surface area contributed by atoms with Crippen LogP contribution in [0.2, 0.25) is 0 Å². The maximum absolute atomic E-state index is 11.2. The highest BCUT2D eigenvalue weighted by atomic mass is 16.6. The third-order valence-electron chi connectivity index (χ3n) is 3.25. The molecule has 1 saturated carbocycles. The number of nitrogens with zero attached hydrogens (tertiary/aromatic N) is 4. The van der Waals surface area contributed by atoms with Crippen molar-refractivity contribution in [2.75, 3.05) is 18.5 Å². The van der Waals surface area contributed by atoms with Crippen molar-refractivity contribution in [3.05, 3.63) is 34.5 Å². The molecule has 0 spiro atoms. The number of pyridine rings is 1. The van der Waals surface area contributed by atoms with E-state index in [0.717, 1.165) is 6.54 Å². The molecular weight excluding hydrogens is 232 g/mol. The SMILES string of the molecule is CN(CC1CC1)c1nc2ccccn2c1[N+](=O)[O-]. The van der Waals surface area contributed by atoms with Crippen molar-refractivity contribution in [3.8, 4) is 0 Å². The van der Waals surface area contributed by atoms with Crippen LogP contribution >= 0.6 is 0 Å². The zero-order valence-corrected chi connectivity index (χ0v) is 10.1. The molecule has 0 aromatic carbocycles. The number of hydrogen-bond acceptors (Lipinski definition) is 4. The molecule has 1 aliphatic rings. The fourth-order valence-corrected chi connectivity index (χ4v) is 2.17. The highest BCUT2D eigenvalue weighted by Crippen LogP contribution is 2.33. The van der Waals surface area contributed by atoms with Crippen molar-refractivity contribution in [2.45, 2.75) is 12.8 Å². The molecule has 0 N–H and O–H groups in total. The van der Waals surface area contributed by atoms with Gasteiger partial charge in [-0.1, -0.05) is 6.07 Å². The van der Waals surface area contributed by atoms with Gasteiger partial charge < -0.3 is 15.0 Å². The second-order valence-corrected chi connectivity index (χ2v) is 4.77. The summed E-state index contributed by atoms with van der Waals surface area (Å²) in [4.78, 5) is 17.1. The minimum atomic E-state index is -0.362. The van der Waals surface area contributed by atoms with Crippen LogP contribution in [0, 0.1) is 16.0 Å². The number of aromatic nitrogens is 2. The van der Waals surface area contributed by atoms with E-state index in [-0.39, 0.29) is 10.7 Å². The summed E-state index contributed by atoms with van der Waals surface area (Å²) in [5.74, 6) is 1.17. The molecule has 0 saturated heterocycles. The highest BCUT2D eigenvalue weighted by molar-refractivity contribution is 5.63. The van der Waals surface area contributed by atoms with E-state index in [4.69, 9.17) is 0 Å². The van der Waals surface area contributed by atoms with E-state index < -0.39 is 0 Å². The summed E-state index contributed by atoms with van der Waals surface area (Å²) in [6.45, 7) is 0.838. The second kappa shape index (κ2) is 3.97. The van der Waals surface area contributed by atoms with Gasteiger partial charge in [-0.2, -0.15) is 9.38 Å². The van der Waals surface area contributed by atoms with Crippen LogP contribution in [-0.4, -0.2) is 27.9 Å². The molecule has 2 aromatic rings. The van der Waals surface area contributed by atoms with E-state index in [1.807, 2.05) is 18.0 Å². The van der Waals surface area contributed by atoms with Crippen LogP contribution in [0.5, 0.6) is 0 Å². The Labute approximate surface area is 104 Å². The zero-order valence-electron chi connectivity index (χ0n) is 10.1. The van der Waals surface area contributed by atoms with Gasteiger partial charge in [-0.25, -0.2) is 0 Å². The van der Waals surface area contributed by atoms with Crippen LogP contribution in [0.3, 0.4) is 0 Å². The third-order valence-corrected chi connectivity index (χ3v) is 3.25. The summed E-state index contributed by atoms with van der Waals surface area (Å²) in [5.41, 5.74) is 0.613. The molecule has 1 aliphatic carbocycles. The Kier molecular flexibility index (Phi) is 2.43. The van der Waals surface area contributed by atoms with E-state index in [1.54, 1.807) is 18.3 Å². The molecule has 18 heavy (non-hydrogen) atoms. The lowest BCUT2D eigenvalue weighted by atomic mass is 10.4. The molecule has 0 radical (unpaired) electrons. The Morgan fingerprint density at radius 3 is 3.00 bits per heavy atom. The molecule has 6 heteroatoms. The van der Waals surface area contributed by atoms with Gasteiger partial charge >= 0.3 is 5.82 Å². The lowest BCUT2D eigenvalue weighted by Gasteiger charge is -2.14. The van der Waals surface area contributed by atoms with Crippen molar-refractivity contribution in [1.29, 1.82) is 0 Å². The van der Waals surface area contributed by atoms with E-state index in [2.05, 4.69) is 4.98 Å². The Hall–Kier alpha value is -2.11. The zero-order chi connectivity index (χ0) is 12.7. The van der Waals surface area contributed by atoms with Crippen LogP contribution in [0.4, 0.5) is 11.6 Å². The van der Waals surface area contributed by atoms with Gasteiger partial charge in [-0.05, 0) is 29.7 Å². The van der Waals surface area contributed by atoms with E-state index in [1.165, 1.54) is 17.2 Å². The Balaban J connectivity index is 2.08. The van der Waals surface area contributed by atoms with Gasteiger partial charge in [0.1, 0.15) is 0 Å². The number of rotatable bonds is 4. The van der Waals surface area contributed by atoms with Crippen molar-refractivity contribution in [1.82, 2.24) is 9.38 Å². The molecule has 6 nitrogen and oxygen atoms in total. The first kappa shape index (κ1) is 11.0. The van der Waals surface area contributed by atoms with Gasteiger partial charge in [0.25, 0.3) is 0 Å². The monoisotopic (exact) mass is 246 g/mol. The van der Waals surface area contributed by atoms with Gasteiger partial charge in [0.15, 0.2) is 0 Å². The summed E-state index contributed by atoms with van der Waals surface area (Å²) in [6.07, 6.45) is 4.10. The number of nitro groups is 1. The maximum atomic E-state index is 11.2. The average molecular weight is 246 g/mol. The summed E-state index contributed by atoms with van der Waals surface area (Å²) in [7, 11) is 1.87. The minimum absolute atomic E-state index is 0.0498. The van der Waals surface area contributed by atoms with Crippen molar-refractivity contribution in [3.63, 3.8) is 0 Å². The lowest BCUT2D eigenvalue weighted by Crippen LogP contribution is -2.21. The summed E-state index contributed by atoms with van der Waals surface area (Å²) < 4.78 is 1.53. The molecule has 0 bridgehead atoms. The first-order valence-corrected chi connectivity index (χ1v) is 5.99. The van der Waals surface area contributed by atoms with Gasteiger partial charge in [-0.15, -0.1) is 0 Å².